The monoisotopic (exact) mass is 358 g/mol. The van der Waals surface area contributed by atoms with Crippen molar-refractivity contribution in [2.45, 2.75) is 6.42 Å². The van der Waals surface area contributed by atoms with Gasteiger partial charge in [0, 0.05) is 24.1 Å². The van der Waals surface area contributed by atoms with Crippen molar-refractivity contribution in [2.75, 3.05) is 5.32 Å². The summed E-state index contributed by atoms with van der Waals surface area (Å²) in [6, 6.07) is 17.6. The molecule has 0 fully saturated rings. The Morgan fingerprint density at radius 2 is 1.74 bits per heavy atom. The van der Waals surface area contributed by atoms with Crippen LogP contribution in [0, 0.1) is 0 Å². The summed E-state index contributed by atoms with van der Waals surface area (Å²) in [4.78, 5) is 20.7. The molecule has 0 bridgehead atoms. The van der Waals surface area contributed by atoms with Crippen molar-refractivity contribution >= 4 is 22.5 Å². The minimum absolute atomic E-state index is 0.119. The van der Waals surface area contributed by atoms with Gasteiger partial charge in [-0.15, -0.1) is 0 Å². The average Bonchev–Trinajstić information content (AvgIpc) is 3.00. The van der Waals surface area contributed by atoms with E-state index in [1.807, 2.05) is 72.4 Å². The first-order valence-corrected chi connectivity index (χ1v) is 8.57. The van der Waals surface area contributed by atoms with Crippen molar-refractivity contribution in [2.24, 2.45) is 7.05 Å². The number of nitrogens with zero attached hydrogens (tertiary/aromatic N) is 3. The number of aromatic nitrogens is 3. The second kappa shape index (κ2) is 7.29. The number of ether oxygens (including phenoxy) is 1. The van der Waals surface area contributed by atoms with Crippen molar-refractivity contribution in [3.63, 3.8) is 0 Å². The maximum Gasteiger partial charge on any atom is 0.322 e. The van der Waals surface area contributed by atoms with Crippen LogP contribution in [0.25, 0.3) is 10.9 Å². The number of aryl methyl sites for hydroxylation is 1. The smallest absolute Gasteiger partial charge is 0.322 e. The average molecular weight is 358 g/mol. The molecule has 4 rings (SSSR count). The molecule has 0 aliphatic carbocycles. The lowest BCUT2D eigenvalue weighted by Gasteiger charge is -2.06. The highest BCUT2D eigenvalue weighted by Crippen LogP contribution is 2.21. The Balaban J connectivity index is 1.42. The Morgan fingerprint density at radius 1 is 1.04 bits per heavy atom. The lowest BCUT2D eigenvalue weighted by atomic mass is 10.1. The summed E-state index contributed by atoms with van der Waals surface area (Å²) < 4.78 is 7.57. The second-order valence-electron chi connectivity index (χ2n) is 6.18. The molecule has 0 unspecified atom stereocenters. The highest BCUT2D eigenvalue weighted by molar-refractivity contribution is 5.95. The van der Waals surface area contributed by atoms with Gasteiger partial charge in [0.1, 0.15) is 5.75 Å². The maximum absolute atomic E-state index is 12.4. The molecule has 0 spiro atoms. The molecule has 1 amide bonds. The Hall–Kier alpha value is -3.67. The zero-order chi connectivity index (χ0) is 18.6. The Bertz CT molecular complexity index is 1070. The van der Waals surface area contributed by atoms with Crippen molar-refractivity contribution in [1.82, 2.24) is 14.5 Å². The fourth-order valence-electron chi connectivity index (χ4n) is 2.97. The fraction of sp³-hybridized carbons (Fsp3) is 0.0952. The Kier molecular flexibility index (Phi) is 4.53. The van der Waals surface area contributed by atoms with Gasteiger partial charge in [-0.2, -0.15) is 0 Å². The van der Waals surface area contributed by atoms with Crippen LogP contribution in [0.3, 0.4) is 0 Å². The van der Waals surface area contributed by atoms with Gasteiger partial charge in [-0.25, -0.2) is 9.97 Å². The molecular formula is C21H18N4O2. The van der Waals surface area contributed by atoms with E-state index in [1.165, 1.54) is 12.4 Å². The van der Waals surface area contributed by atoms with Crippen LogP contribution in [0.1, 0.15) is 5.56 Å². The zero-order valence-electron chi connectivity index (χ0n) is 14.8. The lowest BCUT2D eigenvalue weighted by molar-refractivity contribution is -0.115. The second-order valence-corrected chi connectivity index (χ2v) is 6.18. The van der Waals surface area contributed by atoms with Gasteiger partial charge in [0.25, 0.3) is 0 Å². The van der Waals surface area contributed by atoms with Crippen molar-refractivity contribution in [3.05, 3.63) is 78.8 Å². The summed E-state index contributed by atoms with van der Waals surface area (Å²) in [6.45, 7) is 0. The van der Waals surface area contributed by atoms with Crippen molar-refractivity contribution in [3.8, 4) is 11.8 Å². The van der Waals surface area contributed by atoms with E-state index in [0.717, 1.165) is 16.5 Å². The molecule has 134 valence electrons. The number of hydrogen-bond acceptors (Lipinski definition) is 4. The molecule has 0 saturated heterocycles. The molecule has 27 heavy (non-hydrogen) atoms. The van der Waals surface area contributed by atoms with Crippen LogP contribution in [0.5, 0.6) is 11.8 Å². The summed E-state index contributed by atoms with van der Waals surface area (Å²) >= 11 is 0. The number of nitrogens with one attached hydrogen (secondary N) is 1. The first-order valence-electron chi connectivity index (χ1n) is 8.57. The molecule has 4 aromatic rings. The van der Waals surface area contributed by atoms with E-state index >= 15 is 0 Å². The number of fused-ring (bicyclic) bond motifs is 1. The third kappa shape index (κ3) is 3.79. The molecule has 6 heteroatoms. The molecular weight excluding hydrogens is 340 g/mol. The summed E-state index contributed by atoms with van der Waals surface area (Å²) in [5.74, 6) is 0.539. The molecule has 2 aromatic carbocycles. The summed E-state index contributed by atoms with van der Waals surface area (Å²) in [6.07, 6.45) is 5.33. The van der Waals surface area contributed by atoms with Gasteiger partial charge in [0.2, 0.25) is 5.91 Å². The molecule has 0 radical (unpaired) electrons. The van der Waals surface area contributed by atoms with Gasteiger partial charge in [0.05, 0.1) is 24.5 Å². The van der Waals surface area contributed by atoms with Crippen LogP contribution in [0.15, 0.2) is 73.2 Å². The number of carbonyl (C=O) groups excluding carboxylic acids is 1. The number of carbonyl (C=O) groups is 1. The lowest BCUT2D eigenvalue weighted by Crippen LogP contribution is -2.14. The third-order valence-electron chi connectivity index (χ3n) is 4.19. The molecule has 0 aliphatic heterocycles. The largest absolute Gasteiger partial charge is 0.424 e. The number of benzene rings is 2. The van der Waals surface area contributed by atoms with E-state index < -0.39 is 0 Å². The predicted molar refractivity (Wildman–Crippen MR) is 104 cm³/mol. The van der Waals surface area contributed by atoms with Gasteiger partial charge in [-0.3, -0.25) is 4.79 Å². The van der Waals surface area contributed by atoms with E-state index in [4.69, 9.17) is 4.74 Å². The quantitative estimate of drug-likeness (QED) is 0.587. The minimum Gasteiger partial charge on any atom is -0.424 e. The van der Waals surface area contributed by atoms with Crippen LogP contribution in [-0.2, 0) is 18.3 Å². The van der Waals surface area contributed by atoms with Gasteiger partial charge in [-0.05, 0) is 23.8 Å². The Morgan fingerprint density at radius 3 is 2.52 bits per heavy atom. The van der Waals surface area contributed by atoms with Gasteiger partial charge >= 0.3 is 6.01 Å². The maximum atomic E-state index is 12.4. The highest BCUT2D eigenvalue weighted by atomic mass is 16.5. The standard InChI is InChI=1S/C21H18N4O2/c1-25-14-15(18-9-5-6-10-19(18)25)11-20(26)24-16-12-22-21(23-13-16)27-17-7-3-2-4-8-17/h2-10,12-14H,11H2,1H3,(H,24,26). The van der Waals surface area contributed by atoms with Crippen LogP contribution in [-0.4, -0.2) is 20.4 Å². The van der Waals surface area contributed by atoms with Crippen LogP contribution in [0.2, 0.25) is 0 Å². The number of amides is 1. The van der Waals surface area contributed by atoms with Crippen molar-refractivity contribution in [1.29, 1.82) is 0 Å². The zero-order valence-corrected chi connectivity index (χ0v) is 14.8. The first kappa shape index (κ1) is 16.8. The van der Waals surface area contributed by atoms with E-state index in [-0.39, 0.29) is 18.3 Å². The van der Waals surface area contributed by atoms with Gasteiger partial charge in [0.15, 0.2) is 0 Å². The normalized spacial score (nSPS) is 10.7. The van der Waals surface area contributed by atoms with E-state index in [1.54, 1.807) is 0 Å². The summed E-state index contributed by atoms with van der Waals surface area (Å²) in [5.41, 5.74) is 2.61. The minimum atomic E-state index is -0.119. The molecule has 2 heterocycles. The van der Waals surface area contributed by atoms with E-state index in [0.29, 0.717) is 11.4 Å². The SMILES string of the molecule is Cn1cc(CC(=O)Nc2cnc(Oc3ccccc3)nc2)c2ccccc21. The third-order valence-corrected chi connectivity index (χ3v) is 4.19. The van der Waals surface area contributed by atoms with Gasteiger partial charge < -0.3 is 14.6 Å². The van der Waals surface area contributed by atoms with E-state index in [2.05, 4.69) is 15.3 Å². The molecule has 0 saturated carbocycles. The van der Waals surface area contributed by atoms with Gasteiger partial charge in [-0.1, -0.05) is 36.4 Å². The van der Waals surface area contributed by atoms with E-state index in [9.17, 15) is 4.79 Å². The molecule has 2 aromatic heterocycles. The summed E-state index contributed by atoms with van der Waals surface area (Å²) in [5, 5.41) is 3.91. The summed E-state index contributed by atoms with van der Waals surface area (Å²) in [7, 11) is 1.98. The molecule has 1 N–H and O–H groups in total. The van der Waals surface area contributed by atoms with Crippen LogP contribution in [0.4, 0.5) is 5.69 Å². The Labute approximate surface area is 156 Å². The molecule has 0 aliphatic rings. The van der Waals surface area contributed by atoms with Crippen LogP contribution >= 0.6 is 0 Å². The highest BCUT2D eigenvalue weighted by Gasteiger charge is 2.11. The predicted octanol–water partition coefficient (Wildman–Crippen LogP) is 3.94. The van der Waals surface area contributed by atoms with Crippen molar-refractivity contribution < 1.29 is 9.53 Å². The topological polar surface area (TPSA) is 69.0 Å². The molecule has 6 nitrogen and oxygen atoms in total. The number of anilines is 1. The fourth-order valence-corrected chi connectivity index (χ4v) is 2.97. The number of para-hydroxylation sites is 2. The first-order chi connectivity index (χ1) is 13.2. The number of hydrogen-bond donors (Lipinski definition) is 1. The number of rotatable bonds is 5. The van der Waals surface area contributed by atoms with Crippen LogP contribution < -0.4 is 10.1 Å². The molecule has 0 atom stereocenters.